The van der Waals surface area contributed by atoms with Crippen LogP contribution in [-0.2, 0) is 32.9 Å². The fourth-order valence-corrected chi connectivity index (χ4v) is 2.54. The minimum absolute atomic E-state index is 0.581. The van der Waals surface area contributed by atoms with Gasteiger partial charge >= 0.3 is 0 Å². The SMILES string of the molecule is CCNC(=NCc1c(CC)noc1CC)NCCc1cnn(C)c1. The molecule has 0 aromatic carbocycles. The van der Waals surface area contributed by atoms with Crippen LogP contribution in [-0.4, -0.2) is 34.0 Å². The van der Waals surface area contributed by atoms with Gasteiger partial charge in [0.05, 0.1) is 18.4 Å². The molecule has 0 saturated carbocycles. The van der Waals surface area contributed by atoms with Gasteiger partial charge in [-0.2, -0.15) is 5.10 Å². The van der Waals surface area contributed by atoms with Gasteiger partial charge in [0.15, 0.2) is 5.96 Å². The van der Waals surface area contributed by atoms with Gasteiger partial charge in [0.1, 0.15) is 5.76 Å². The summed E-state index contributed by atoms with van der Waals surface area (Å²) in [4.78, 5) is 4.68. The summed E-state index contributed by atoms with van der Waals surface area (Å²) < 4.78 is 7.22. The number of guanidine groups is 1. The van der Waals surface area contributed by atoms with Gasteiger partial charge in [0, 0.05) is 38.3 Å². The second-order valence-corrected chi connectivity index (χ2v) is 5.63. The van der Waals surface area contributed by atoms with Gasteiger partial charge in [-0.25, -0.2) is 4.99 Å². The van der Waals surface area contributed by atoms with E-state index >= 15 is 0 Å². The van der Waals surface area contributed by atoms with Crippen LogP contribution in [0.15, 0.2) is 21.9 Å². The van der Waals surface area contributed by atoms with E-state index in [0.717, 1.165) is 55.3 Å². The lowest BCUT2D eigenvalue weighted by Gasteiger charge is -2.11. The average Bonchev–Trinajstić information content (AvgIpc) is 3.17. The van der Waals surface area contributed by atoms with Gasteiger partial charge in [-0.15, -0.1) is 0 Å². The quantitative estimate of drug-likeness (QED) is 0.569. The maximum Gasteiger partial charge on any atom is 0.191 e. The van der Waals surface area contributed by atoms with Crippen LogP contribution >= 0.6 is 0 Å². The minimum atomic E-state index is 0.581. The van der Waals surface area contributed by atoms with Crippen LogP contribution in [0.3, 0.4) is 0 Å². The van der Waals surface area contributed by atoms with Crippen LogP contribution in [0.5, 0.6) is 0 Å². The summed E-state index contributed by atoms with van der Waals surface area (Å²) in [6.45, 7) is 8.43. The van der Waals surface area contributed by atoms with E-state index in [-0.39, 0.29) is 0 Å². The van der Waals surface area contributed by atoms with E-state index in [1.54, 1.807) is 0 Å². The van der Waals surface area contributed by atoms with Gasteiger partial charge in [-0.1, -0.05) is 19.0 Å². The summed E-state index contributed by atoms with van der Waals surface area (Å²) in [7, 11) is 1.93. The van der Waals surface area contributed by atoms with E-state index in [4.69, 9.17) is 4.52 Å². The summed E-state index contributed by atoms with van der Waals surface area (Å²) >= 11 is 0. The molecule has 0 bridgehead atoms. The average molecular weight is 332 g/mol. The molecule has 0 spiro atoms. The Balaban J connectivity index is 1.96. The first-order chi connectivity index (χ1) is 11.7. The molecule has 2 N–H and O–H groups in total. The molecular formula is C17H28N6O. The molecule has 2 aromatic heterocycles. The van der Waals surface area contributed by atoms with Crippen molar-refractivity contribution in [1.82, 2.24) is 25.6 Å². The number of nitrogens with zero attached hydrogens (tertiary/aromatic N) is 4. The van der Waals surface area contributed by atoms with E-state index in [1.165, 1.54) is 5.56 Å². The molecule has 2 aromatic rings. The zero-order valence-corrected chi connectivity index (χ0v) is 15.1. The second-order valence-electron chi connectivity index (χ2n) is 5.63. The first kappa shape index (κ1) is 18.0. The number of aryl methyl sites for hydroxylation is 3. The van der Waals surface area contributed by atoms with Crippen molar-refractivity contribution < 1.29 is 4.52 Å². The van der Waals surface area contributed by atoms with E-state index in [1.807, 2.05) is 24.1 Å². The molecule has 24 heavy (non-hydrogen) atoms. The molecule has 2 heterocycles. The van der Waals surface area contributed by atoms with Crippen LogP contribution in [0, 0.1) is 0 Å². The second kappa shape index (κ2) is 9.10. The number of hydrogen-bond donors (Lipinski definition) is 2. The molecule has 0 unspecified atom stereocenters. The number of rotatable bonds is 8. The molecule has 0 amide bonds. The molecule has 0 fully saturated rings. The standard InChI is InChI=1S/C17H28N6O/c1-5-15-14(16(6-2)24-22-15)11-20-17(18-7-3)19-9-8-13-10-21-23(4)12-13/h10,12H,5-9,11H2,1-4H3,(H2,18,19,20). The highest BCUT2D eigenvalue weighted by molar-refractivity contribution is 5.79. The third-order valence-electron chi connectivity index (χ3n) is 3.81. The fraction of sp³-hybridized carbons (Fsp3) is 0.588. The first-order valence-corrected chi connectivity index (χ1v) is 8.63. The summed E-state index contributed by atoms with van der Waals surface area (Å²) in [5.74, 6) is 1.74. The molecular weight excluding hydrogens is 304 g/mol. The fourth-order valence-electron chi connectivity index (χ4n) is 2.54. The molecule has 0 radical (unpaired) electrons. The summed E-state index contributed by atoms with van der Waals surface area (Å²) in [6.07, 6.45) is 6.53. The van der Waals surface area contributed by atoms with Crippen molar-refractivity contribution in [2.24, 2.45) is 12.0 Å². The van der Waals surface area contributed by atoms with Crippen molar-refractivity contribution in [3.63, 3.8) is 0 Å². The predicted octanol–water partition coefficient (Wildman–Crippen LogP) is 1.83. The monoisotopic (exact) mass is 332 g/mol. The smallest absolute Gasteiger partial charge is 0.191 e. The Morgan fingerprint density at radius 1 is 1.25 bits per heavy atom. The van der Waals surface area contributed by atoms with Crippen LogP contribution in [0.4, 0.5) is 0 Å². The van der Waals surface area contributed by atoms with Crippen molar-refractivity contribution >= 4 is 5.96 Å². The van der Waals surface area contributed by atoms with Crippen LogP contribution < -0.4 is 10.6 Å². The normalized spacial score (nSPS) is 11.8. The van der Waals surface area contributed by atoms with Gasteiger partial charge in [-0.05, 0) is 25.3 Å². The first-order valence-electron chi connectivity index (χ1n) is 8.63. The molecule has 2 rings (SSSR count). The summed E-state index contributed by atoms with van der Waals surface area (Å²) in [5, 5.41) is 15.0. The van der Waals surface area contributed by atoms with Crippen LogP contribution in [0.25, 0.3) is 0 Å². The number of aromatic nitrogens is 3. The highest BCUT2D eigenvalue weighted by Gasteiger charge is 2.13. The Morgan fingerprint density at radius 2 is 2.08 bits per heavy atom. The van der Waals surface area contributed by atoms with E-state index in [2.05, 4.69) is 46.7 Å². The van der Waals surface area contributed by atoms with Gasteiger partial charge in [-0.3, -0.25) is 4.68 Å². The van der Waals surface area contributed by atoms with Crippen LogP contribution in [0.2, 0.25) is 0 Å². The molecule has 132 valence electrons. The topological polar surface area (TPSA) is 80.3 Å². The Kier molecular flexibility index (Phi) is 6.84. The molecule has 0 atom stereocenters. The van der Waals surface area contributed by atoms with Crippen LogP contribution in [0.1, 0.15) is 43.4 Å². The largest absolute Gasteiger partial charge is 0.361 e. The van der Waals surface area contributed by atoms with E-state index < -0.39 is 0 Å². The Labute approximate surface area is 143 Å². The Morgan fingerprint density at radius 3 is 2.71 bits per heavy atom. The molecule has 7 nitrogen and oxygen atoms in total. The highest BCUT2D eigenvalue weighted by atomic mass is 16.5. The molecule has 7 heteroatoms. The van der Waals surface area contributed by atoms with Crippen molar-refractivity contribution in [2.45, 2.75) is 46.6 Å². The third-order valence-corrected chi connectivity index (χ3v) is 3.81. The van der Waals surface area contributed by atoms with Gasteiger partial charge in [0.2, 0.25) is 0 Å². The van der Waals surface area contributed by atoms with Crippen molar-refractivity contribution in [3.05, 3.63) is 35.0 Å². The molecule has 0 aliphatic heterocycles. The summed E-state index contributed by atoms with van der Waals surface area (Å²) in [5.41, 5.74) is 3.33. The van der Waals surface area contributed by atoms with Gasteiger partial charge < -0.3 is 15.2 Å². The van der Waals surface area contributed by atoms with Gasteiger partial charge in [0.25, 0.3) is 0 Å². The number of hydrogen-bond acceptors (Lipinski definition) is 4. The molecule has 0 saturated heterocycles. The maximum atomic E-state index is 5.40. The Hall–Kier alpha value is -2.31. The Bertz CT molecular complexity index is 636. The lowest BCUT2D eigenvalue weighted by atomic mass is 10.1. The third kappa shape index (κ3) is 4.84. The minimum Gasteiger partial charge on any atom is -0.361 e. The number of nitrogens with one attached hydrogen (secondary N) is 2. The van der Waals surface area contributed by atoms with Crippen molar-refractivity contribution in [1.29, 1.82) is 0 Å². The van der Waals surface area contributed by atoms with Crippen molar-refractivity contribution in [3.8, 4) is 0 Å². The van der Waals surface area contributed by atoms with E-state index in [0.29, 0.717) is 6.54 Å². The summed E-state index contributed by atoms with van der Waals surface area (Å²) in [6, 6.07) is 0. The lowest BCUT2D eigenvalue weighted by molar-refractivity contribution is 0.380. The highest BCUT2D eigenvalue weighted by Crippen LogP contribution is 2.16. The zero-order chi connectivity index (χ0) is 17.4. The lowest BCUT2D eigenvalue weighted by Crippen LogP contribution is -2.38. The zero-order valence-electron chi connectivity index (χ0n) is 15.1. The maximum absolute atomic E-state index is 5.40. The van der Waals surface area contributed by atoms with E-state index in [9.17, 15) is 0 Å². The number of aliphatic imine (C=N–C) groups is 1. The molecule has 0 aliphatic rings. The molecule has 0 aliphatic carbocycles. The predicted molar refractivity (Wildman–Crippen MR) is 95.0 cm³/mol. The van der Waals surface area contributed by atoms with Crippen molar-refractivity contribution in [2.75, 3.05) is 13.1 Å².